The topological polar surface area (TPSA) is 88.8 Å². The summed E-state index contributed by atoms with van der Waals surface area (Å²) in [5, 5.41) is 6.16. The Balaban J connectivity index is 2.70. The van der Waals surface area contributed by atoms with Gasteiger partial charge >= 0.3 is 0 Å². The van der Waals surface area contributed by atoms with E-state index in [1.54, 1.807) is 12.1 Å². The number of nitrogens with two attached hydrogens (primary N) is 1. The number of H-pyrrole nitrogens is 1. The third kappa shape index (κ3) is 1.94. The fraction of sp³-hybridized carbons (Fsp3) is 0.0833. The second kappa shape index (κ2) is 4.21. The second-order valence-corrected chi connectivity index (χ2v) is 3.61. The predicted molar refractivity (Wildman–Crippen MR) is 64.7 cm³/mol. The molecule has 0 aliphatic rings. The molecule has 86 valence electrons. The Bertz CT molecular complexity index is 617. The van der Waals surface area contributed by atoms with E-state index in [2.05, 4.69) is 10.2 Å². The Kier molecular flexibility index (Phi) is 2.74. The first kappa shape index (κ1) is 11.1. The van der Waals surface area contributed by atoms with Gasteiger partial charge in [-0.25, -0.2) is 5.10 Å². The van der Waals surface area contributed by atoms with Gasteiger partial charge in [0.25, 0.3) is 5.56 Å². The summed E-state index contributed by atoms with van der Waals surface area (Å²) in [6.45, 7) is 1.30. The zero-order chi connectivity index (χ0) is 12.4. The van der Waals surface area contributed by atoms with E-state index in [1.165, 1.54) is 6.92 Å². The summed E-state index contributed by atoms with van der Waals surface area (Å²) in [6, 6.07) is 9.13. The SMILES string of the molecule is CC(=O)c1c(N)c(-c2ccccc2)n[nH]c1=O. The molecular formula is C12H11N3O2. The Hall–Kier alpha value is -2.43. The minimum atomic E-state index is -0.560. The molecule has 0 bridgehead atoms. The van der Waals surface area contributed by atoms with Crippen molar-refractivity contribution in [2.75, 3.05) is 5.73 Å². The highest BCUT2D eigenvalue weighted by Gasteiger charge is 2.15. The van der Waals surface area contributed by atoms with Gasteiger partial charge in [0.1, 0.15) is 11.3 Å². The molecular weight excluding hydrogens is 218 g/mol. The Morgan fingerprint density at radius 2 is 1.94 bits per heavy atom. The van der Waals surface area contributed by atoms with Gasteiger partial charge in [-0.3, -0.25) is 9.59 Å². The molecule has 2 rings (SSSR count). The molecule has 0 spiro atoms. The molecule has 0 amide bonds. The van der Waals surface area contributed by atoms with Crippen molar-refractivity contribution in [2.45, 2.75) is 6.92 Å². The molecule has 0 saturated carbocycles. The number of carbonyl (C=O) groups is 1. The van der Waals surface area contributed by atoms with Crippen molar-refractivity contribution < 1.29 is 4.79 Å². The first-order valence-corrected chi connectivity index (χ1v) is 5.05. The average Bonchev–Trinajstić information content (AvgIpc) is 2.30. The van der Waals surface area contributed by atoms with Crippen LogP contribution in [0.15, 0.2) is 35.1 Å². The summed E-state index contributed by atoms with van der Waals surface area (Å²) >= 11 is 0. The number of hydrogen-bond acceptors (Lipinski definition) is 4. The third-order valence-corrected chi connectivity index (χ3v) is 2.42. The molecule has 1 aromatic carbocycles. The molecule has 2 aromatic rings. The van der Waals surface area contributed by atoms with Crippen LogP contribution in [0.1, 0.15) is 17.3 Å². The molecule has 0 unspecified atom stereocenters. The summed E-state index contributed by atoms with van der Waals surface area (Å²) in [7, 11) is 0. The van der Waals surface area contributed by atoms with Crippen molar-refractivity contribution in [3.8, 4) is 11.3 Å². The summed E-state index contributed by atoms with van der Waals surface area (Å²) in [5.41, 5.74) is 6.49. The van der Waals surface area contributed by atoms with Gasteiger partial charge < -0.3 is 5.73 Å². The van der Waals surface area contributed by atoms with E-state index >= 15 is 0 Å². The number of carbonyl (C=O) groups excluding carboxylic acids is 1. The lowest BCUT2D eigenvalue weighted by atomic mass is 10.1. The molecule has 0 radical (unpaired) electrons. The van der Waals surface area contributed by atoms with Crippen LogP contribution in [-0.2, 0) is 0 Å². The number of rotatable bonds is 2. The molecule has 0 fully saturated rings. The fourth-order valence-corrected chi connectivity index (χ4v) is 1.63. The first-order valence-electron chi connectivity index (χ1n) is 5.05. The number of nitrogen functional groups attached to an aromatic ring is 1. The maximum atomic E-state index is 11.4. The zero-order valence-electron chi connectivity index (χ0n) is 9.23. The van der Waals surface area contributed by atoms with Crippen LogP contribution in [-0.4, -0.2) is 16.0 Å². The van der Waals surface area contributed by atoms with Gasteiger partial charge in [0.05, 0.1) is 5.69 Å². The molecule has 17 heavy (non-hydrogen) atoms. The van der Waals surface area contributed by atoms with Gasteiger partial charge in [0, 0.05) is 5.56 Å². The Morgan fingerprint density at radius 1 is 1.29 bits per heavy atom. The fourth-order valence-electron chi connectivity index (χ4n) is 1.63. The normalized spacial score (nSPS) is 10.2. The number of nitrogens with zero attached hydrogens (tertiary/aromatic N) is 1. The number of Topliss-reactive ketones (excluding diaryl/α,β-unsaturated/α-hetero) is 1. The van der Waals surface area contributed by atoms with Crippen LogP contribution >= 0.6 is 0 Å². The molecule has 5 heteroatoms. The maximum absolute atomic E-state index is 11.4. The Morgan fingerprint density at radius 3 is 2.53 bits per heavy atom. The highest BCUT2D eigenvalue weighted by molar-refractivity contribution is 6.01. The lowest BCUT2D eigenvalue weighted by molar-refractivity contribution is 0.101. The smallest absolute Gasteiger partial charge is 0.277 e. The number of aromatic amines is 1. The van der Waals surface area contributed by atoms with Crippen LogP contribution in [0.3, 0.4) is 0 Å². The predicted octanol–water partition coefficient (Wildman–Crippen LogP) is 1.22. The van der Waals surface area contributed by atoms with Crippen molar-refractivity contribution >= 4 is 11.5 Å². The largest absolute Gasteiger partial charge is 0.396 e. The summed E-state index contributed by atoms with van der Waals surface area (Å²) in [6.07, 6.45) is 0. The van der Waals surface area contributed by atoms with Crippen LogP contribution in [0.25, 0.3) is 11.3 Å². The molecule has 3 N–H and O–H groups in total. The number of anilines is 1. The van der Waals surface area contributed by atoms with Crippen molar-refractivity contribution in [1.82, 2.24) is 10.2 Å². The minimum Gasteiger partial charge on any atom is -0.396 e. The van der Waals surface area contributed by atoms with E-state index in [-0.39, 0.29) is 17.0 Å². The quantitative estimate of drug-likeness (QED) is 0.758. The number of benzene rings is 1. The van der Waals surface area contributed by atoms with E-state index in [0.29, 0.717) is 5.69 Å². The first-order chi connectivity index (χ1) is 8.11. The number of hydrogen-bond donors (Lipinski definition) is 2. The van der Waals surface area contributed by atoms with Gasteiger partial charge in [0.2, 0.25) is 0 Å². The average molecular weight is 229 g/mol. The number of nitrogens with one attached hydrogen (secondary N) is 1. The van der Waals surface area contributed by atoms with Crippen LogP contribution in [0.5, 0.6) is 0 Å². The highest BCUT2D eigenvalue weighted by atomic mass is 16.1. The second-order valence-electron chi connectivity index (χ2n) is 3.61. The van der Waals surface area contributed by atoms with Gasteiger partial charge in [0.15, 0.2) is 5.78 Å². The third-order valence-electron chi connectivity index (χ3n) is 2.42. The molecule has 1 heterocycles. The molecule has 0 atom stereocenters. The van der Waals surface area contributed by atoms with E-state index in [4.69, 9.17) is 5.73 Å². The molecule has 0 aliphatic heterocycles. The van der Waals surface area contributed by atoms with E-state index in [0.717, 1.165) is 5.56 Å². The van der Waals surface area contributed by atoms with Gasteiger partial charge in [-0.1, -0.05) is 30.3 Å². The maximum Gasteiger partial charge on any atom is 0.277 e. The molecule has 1 aromatic heterocycles. The standard InChI is InChI=1S/C12H11N3O2/c1-7(16)9-10(13)11(14-15-12(9)17)8-5-3-2-4-6-8/h2-6H,1H3,(H3,13,15,17). The minimum absolute atomic E-state index is 0.0427. The molecule has 5 nitrogen and oxygen atoms in total. The van der Waals surface area contributed by atoms with Crippen molar-refractivity contribution in [1.29, 1.82) is 0 Å². The van der Waals surface area contributed by atoms with Crippen LogP contribution in [0.2, 0.25) is 0 Å². The zero-order valence-corrected chi connectivity index (χ0v) is 9.23. The van der Waals surface area contributed by atoms with Crippen molar-refractivity contribution in [3.05, 3.63) is 46.2 Å². The van der Waals surface area contributed by atoms with Crippen LogP contribution in [0.4, 0.5) is 5.69 Å². The lowest BCUT2D eigenvalue weighted by Gasteiger charge is -2.06. The van der Waals surface area contributed by atoms with Crippen molar-refractivity contribution in [2.24, 2.45) is 0 Å². The van der Waals surface area contributed by atoms with Gasteiger partial charge in [-0.15, -0.1) is 0 Å². The van der Waals surface area contributed by atoms with Crippen LogP contribution in [0, 0.1) is 0 Å². The molecule has 0 aliphatic carbocycles. The van der Waals surface area contributed by atoms with Crippen LogP contribution < -0.4 is 11.3 Å². The Labute approximate surface area is 97.3 Å². The lowest BCUT2D eigenvalue weighted by Crippen LogP contribution is -2.21. The van der Waals surface area contributed by atoms with Gasteiger partial charge in [-0.2, -0.15) is 5.10 Å². The summed E-state index contributed by atoms with van der Waals surface area (Å²) < 4.78 is 0. The van der Waals surface area contributed by atoms with E-state index < -0.39 is 5.56 Å². The van der Waals surface area contributed by atoms with E-state index in [1.807, 2.05) is 18.2 Å². The van der Waals surface area contributed by atoms with E-state index in [9.17, 15) is 9.59 Å². The molecule has 0 saturated heterocycles. The highest BCUT2D eigenvalue weighted by Crippen LogP contribution is 2.23. The van der Waals surface area contributed by atoms with Crippen molar-refractivity contribution in [3.63, 3.8) is 0 Å². The summed E-state index contributed by atoms with van der Waals surface area (Å²) in [5.74, 6) is -0.372. The van der Waals surface area contributed by atoms with Gasteiger partial charge in [-0.05, 0) is 6.92 Å². The monoisotopic (exact) mass is 229 g/mol. The summed E-state index contributed by atoms with van der Waals surface area (Å²) in [4.78, 5) is 22.8. The number of aromatic nitrogens is 2. The number of ketones is 1.